The first-order chi connectivity index (χ1) is 21.8. The largest absolute Gasteiger partial charge is 0.436 e. The van der Waals surface area contributed by atoms with Crippen LogP contribution in [0, 0.1) is 0 Å². The molecule has 0 unspecified atom stereocenters. The smallest absolute Gasteiger partial charge is 0.227 e. The van der Waals surface area contributed by atoms with Crippen LogP contribution in [-0.4, -0.2) is 15.0 Å². The Kier molecular flexibility index (Phi) is 5.64. The van der Waals surface area contributed by atoms with Crippen LogP contribution >= 0.6 is 11.3 Å². The molecule has 3 aromatic heterocycles. The van der Waals surface area contributed by atoms with E-state index in [0.717, 1.165) is 76.8 Å². The molecule has 0 radical (unpaired) electrons. The molecule has 6 aromatic carbocycles. The van der Waals surface area contributed by atoms with E-state index in [0.29, 0.717) is 5.89 Å². The predicted octanol–water partition coefficient (Wildman–Crippen LogP) is 10.8. The number of rotatable bonds is 4. The molecule has 44 heavy (non-hydrogen) atoms. The molecule has 0 saturated carbocycles. The molecule has 4 nitrogen and oxygen atoms in total. The minimum absolute atomic E-state index is 0.619. The molecular weight excluding hydrogens is 559 g/mol. The highest BCUT2D eigenvalue weighted by Gasteiger charge is 2.17. The van der Waals surface area contributed by atoms with Crippen molar-refractivity contribution in [3.05, 3.63) is 140 Å². The number of aromatic nitrogens is 3. The van der Waals surface area contributed by atoms with Gasteiger partial charge in [-0.25, -0.2) is 15.0 Å². The van der Waals surface area contributed by atoms with Crippen LogP contribution in [0.5, 0.6) is 0 Å². The summed E-state index contributed by atoms with van der Waals surface area (Å²) in [6.07, 6.45) is 0. The maximum Gasteiger partial charge on any atom is 0.227 e. The second kappa shape index (κ2) is 9.97. The van der Waals surface area contributed by atoms with E-state index in [2.05, 4.69) is 91.0 Å². The van der Waals surface area contributed by atoms with Gasteiger partial charge in [0, 0.05) is 32.8 Å². The summed E-state index contributed by atoms with van der Waals surface area (Å²) in [6.45, 7) is 0. The van der Waals surface area contributed by atoms with Gasteiger partial charge >= 0.3 is 0 Å². The number of hydrogen-bond acceptors (Lipinski definition) is 5. The van der Waals surface area contributed by atoms with Crippen molar-refractivity contribution < 1.29 is 4.42 Å². The second-order valence-electron chi connectivity index (χ2n) is 10.8. The fourth-order valence-electron chi connectivity index (χ4n) is 5.97. The lowest BCUT2D eigenvalue weighted by Gasteiger charge is -2.11. The third-order valence-electron chi connectivity index (χ3n) is 8.16. The Morgan fingerprint density at radius 2 is 1.11 bits per heavy atom. The van der Waals surface area contributed by atoms with Gasteiger partial charge in [0.15, 0.2) is 5.58 Å². The summed E-state index contributed by atoms with van der Waals surface area (Å²) in [5, 5.41) is 4.22. The van der Waals surface area contributed by atoms with Gasteiger partial charge in [0.05, 0.1) is 21.4 Å². The van der Waals surface area contributed by atoms with Crippen LogP contribution in [0.25, 0.3) is 87.4 Å². The molecule has 0 N–H and O–H groups in total. The van der Waals surface area contributed by atoms with Gasteiger partial charge in [-0.1, -0.05) is 97.1 Å². The van der Waals surface area contributed by atoms with Crippen molar-refractivity contribution in [3.8, 4) is 44.4 Å². The standard InChI is InChI=1S/C39H23N3OS/c1-2-8-27(9-3-1)38-42-37-33(43-38)23-22-30-35(37)29-10-4-5-11-31(29)40-36(30)26-18-14-24(15-19-26)25-16-20-28(21-17-25)39-41-32-12-6-7-13-34(32)44-39/h1-23H. The molecule has 206 valence electrons. The summed E-state index contributed by atoms with van der Waals surface area (Å²) in [7, 11) is 0. The van der Waals surface area contributed by atoms with E-state index in [9.17, 15) is 0 Å². The third-order valence-corrected chi connectivity index (χ3v) is 9.25. The van der Waals surface area contributed by atoms with E-state index in [4.69, 9.17) is 19.4 Å². The van der Waals surface area contributed by atoms with Crippen LogP contribution in [0.2, 0.25) is 0 Å². The van der Waals surface area contributed by atoms with Crippen molar-refractivity contribution in [3.63, 3.8) is 0 Å². The molecule has 9 rings (SSSR count). The predicted molar refractivity (Wildman–Crippen MR) is 182 cm³/mol. The number of benzene rings is 6. The molecule has 0 atom stereocenters. The van der Waals surface area contributed by atoms with Crippen molar-refractivity contribution in [1.29, 1.82) is 0 Å². The van der Waals surface area contributed by atoms with E-state index in [1.54, 1.807) is 11.3 Å². The number of nitrogens with zero attached hydrogens (tertiary/aromatic N) is 3. The lowest BCUT2D eigenvalue weighted by atomic mass is 9.97. The highest BCUT2D eigenvalue weighted by Crippen LogP contribution is 2.39. The monoisotopic (exact) mass is 581 g/mol. The normalized spacial score (nSPS) is 11.6. The van der Waals surface area contributed by atoms with Gasteiger partial charge in [-0.05, 0) is 53.6 Å². The van der Waals surface area contributed by atoms with Crippen LogP contribution < -0.4 is 0 Å². The molecule has 0 aliphatic heterocycles. The second-order valence-corrected chi connectivity index (χ2v) is 11.9. The number of thiazole rings is 1. The summed E-state index contributed by atoms with van der Waals surface area (Å²) in [5.74, 6) is 0.619. The highest BCUT2D eigenvalue weighted by molar-refractivity contribution is 7.21. The minimum Gasteiger partial charge on any atom is -0.436 e. The van der Waals surface area contributed by atoms with Crippen molar-refractivity contribution in [2.75, 3.05) is 0 Å². The zero-order chi connectivity index (χ0) is 29.0. The van der Waals surface area contributed by atoms with Crippen LogP contribution in [-0.2, 0) is 0 Å². The van der Waals surface area contributed by atoms with Crippen LogP contribution in [0.1, 0.15) is 0 Å². The Hall–Kier alpha value is -5.65. The van der Waals surface area contributed by atoms with Crippen LogP contribution in [0.15, 0.2) is 144 Å². The first-order valence-electron chi connectivity index (χ1n) is 14.5. The van der Waals surface area contributed by atoms with E-state index in [-0.39, 0.29) is 0 Å². The van der Waals surface area contributed by atoms with Gasteiger partial charge in [0.1, 0.15) is 10.5 Å². The van der Waals surface area contributed by atoms with Crippen LogP contribution in [0.4, 0.5) is 0 Å². The highest BCUT2D eigenvalue weighted by atomic mass is 32.1. The maximum atomic E-state index is 6.24. The van der Waals surface area contributed by atoms with Crippen molar-refractivity contribution in [2.24, 2.45) is 0 Å². The fourth-order valence-corrected chi connectivity index (χ4v) is 6.94. The average molecular weight is 582 g/mol. The molecule has 0 saturated heterocycles. The average Bonchev–Trinajstić information content (AvgIpc) is 3.74. The number of fused-ring (bicyclic) bond motifs is 6. The first-order valence-corrected chi connectivity index (χ1v) is 15.3. The third kappa shape index (κ3) is 4.09. The molecule has 9 aromatic rings. The molecular formula is C39H23N3OS. The molecule has 0 aliphatic carbocycles. The Bertz CT molecular complexity index is 2440. The molecule has 3 heterocycles. The molecule has 0 spiro atoms. The zero-order valence-corrected chi connectivity index (χ0v) is 24.3. The lowest BCUT2D eigenvalue weighted by molar-refractivity contribution is 0.620. The zero-order valence-electron chi connectivity index (χ0n) is 23.4. The van der Waals surface area contributed by atoms with Gasteiger partial charge in [0.25, 0.3) is 0 Å². The molecule has 0 amide bonds. The SMILES string of the molecule is c1ccc(-c2nc3c(ccc4c(-c5ccc(-c6ccc(-c7nc8ccccc8s7)cc6)cc5)nc5ccccc5c43)o2)cc1. The summed E-state index contributed by atoms with van der Waals surface area (Å²) in [6, 6.07) is 48.0. The Morgan fingerprint density at radius 3 is 1.89 bits per heavy atom. The van der Waals surface area contributed by atoms with Gasteiger partial charge in [-0.3, -0.25) is 0 Å². The Balaban J connectivity index is 1.12. The molecule has 0 fully saturated rings. The minimum atomic E-state index is 0.619. The maximum absolute atomic E-state index is 6.24. The van der Waals surface area contributed by atoms with E-state index < -0.39 is 0 Å². The molecule has 0 aliphatic rings. The summed E-state index contributed by atoms with van der Waals surface area (Å²) < 4.78 is 7.44. The first kappa shape index (κ1) is 24.9. The Labute approximate surface area is 256 Å². The van der Waals surface area contributed by atoms with E-state index in [1.165, 1.54) is 4.70 Å². The van der Waals surface area contributed by atoms with E-state index >= 15 is 0 Å². The Morgan fingerprint density at radius 1 is 0.455 bits per heavy atom. The van der Waals surface area contributed by atoms with Crippen molar-refractivity contribution in [1.82, 2.24) is 15.0 Å². The number of pyridine rings is 1. The van der Waals surface area contributed by atoms with Gasteiger partial charge in [-0.2, -0.15) is 0 Å². The van der Waals surface area contributed by atoms with Crippen molar-refractivity contribution >= 4 is 54.3 Å². The fraction of sp³-hybridized carbons (Fsp3) is 0. The summed E-state index contributed by atoms with van der Waals surface area (Å²) in [4.78, 5) is 15.0. The summed E-state index contributed by atoms with van der Waals surface area (Å²) in [5.41, 5.74) is 9.99. The van der Waals surface area contributed by atoms with Gasteiger partial charge in [-0.15, -0.1) is 11.3 Å². The number of oxazole rings is 1. The summed E-state index contributed by atoms with van der Waals surface area (Å²) >= 11 is 1.73. The lowest BCUT2D eigenvalue weighted by Crippen LogP contribution is -1.91. The van der Waals surface area contributed by atoms with Crippen LogP contribution in [0.3, 0.4) is 0 Å². The number of para-hydroxylation sites is 2. The topological polar surface area (TPSA) is 51.8 Å². The van der Waals surface area contributed by atoms with Gasteiger partial charge in [0.2, 0.25) is 5.89 Å². The van der Waals surface area contributed by atoms with Gasteiger partial charge < -0.3 is 4.42 Å². The molecule has 5 heteroatoms. The quantitative estimate of drug-likeness (QED) is 0.194. The molecule has 0 bridgehead atoms. The number of hydrogen-bond donors (Lipinski definition) is 0. The van der Waals surface area contributed by atoms with Crippen molar-refractivity contribution in [2.45, 2.75) is 0 Å². The van der Waals surface area contributed by atoms with E-state index in [1.807, 2.05) is 48.5 Å².